The quantitative estimate of drug-likeness (QED) is 0.724. The van der Waals surface area contributed by atoms with Gasteiger partial charge in [-0.25, -0.2) is 0 Å². The van der Waals surface area contributed by atoms with E-state index in [1.807, 2.05) is 18.2 Å². The monoisotopic (exact) mass is 339 g/mol. The van der Waals surface area contributed by atoms with Crippen LogP contribution in [-0.4, -0.2) is 31.5 Å². The molecule has 0 atom stereocenters. The topological polar surface area (TPSA) is 79.5 Å². The zero-order valence-corrected chi connectivity index (χ0v) is 14.0. The minimum atomic E-state index is -0.203. The first kappa shape index (κ1) is 16.8. The molecule has 2 aromatic rings. The second kappa shape index (κ2) is 7.70. The summed E-state index contributed by atoms with van der Waals surface area (Å²) in [4.78, 5) is 24.4. The van der Waals surface area contributed by atoms with Gasteiger partial charge in [-0.05, 0) is 37.1 Å². The highest BCUT2D eigenvalue weighted by atomic mass is 16.5. The molecule has 3 N–H and O–H groups in total. The molecule has 1 aliphatic rings. The average molecular weight is 339 g/mol. The Morgan fingerprint density at radius 1 is 1.12 bits per heavy atom. The van der Waals surface area contributed by atoms with Crippen molar-refractivity contribution in [2.45, 2.75) is 18.9 Å². The second-order valence-electron chi connectivity index (χ2n) is 5.93. The van der Waals surface area contributed by atoms with Crippen LogP contribution in [0.1, 0.15) is 23.2 Å². The summed E-state index contributed by atoms with van der Waals surface area (Å²) in [5, 5.41) is 8.79. The van der Waals surface area contributed by atoms with Crippen molar-refractivity contribution in [3.8, 4) is 5.75 Å². The zero-order chi connectivity index (χ0) is 17.6. The van der Waals surface area contributed by atoms with Gasteiger partial charge in [-0.3, -0.25) is 9.59 Å². The maximum Gasteiger partial charge on any atom is 0.253 e. The fraction of sp³-hybridized carbons (Fsp3) is 0.263. The van der Waals surface area contributed by atoms with E-state index < -0.39 is 0 Å². The fourth-order valence-corrected chi connectivity index (χ4v) is 2.41. The number of ether oxygens (including phenoxy) is 1. The van der Waals surface area contributed by atoms with Gasteiger partial charge in [0.1, 0.15) is 5.75 Å². The number of hydrogen-bond acceptors (Lipinski definition) is 4. The van der Waals surface area contributed by atoms with Crippen molar-refractivity contribution in [3.63, 3.8) is 0 Å². The van der Waals surface area contributed by atoms with Crippen molar-refractivity contribution in [1.29, 1.82) is 0 Å². The van der Waals surface area contributed by atoms with Crippen molar-refractivity contribution in [2.75, 3.05) is 24.3 Å². The standard InChI is InChI=1S/C19H21N3O3/c1-25-15-6-4-5-14(11-15)21-18(23)12-20-17-8-3-2-7-16(17)19(24)22-13-9-10-13/h2-8,11,13,20H,9-10,12H2,1H3,(H,21,23)(H,22,24). The van der Waals surface area contributed by atoms with Gasteiger partial charge in [0.2, 0.25) is 5.91 Å². The van der Waals surface area contributed by atoms with Crippen LogP contribution in [0.5, 0.6) is 5.75 Å². The number of nitrogens with one attached hydrogen (secondary N) is 3. The van der Waals surface area contributed by atoms with Gasteiger partial charge in [0.25, 0.3) is 5.91 Å². The van der Waals surface area contributed by atoms with Crippen LogP contribution < -0.4 is 20.7 Å². The van der Waals surface area contributed by atoms with Crippen molar-refractivity contribution in [2.24, 2.45) is 0 Å². The first-order valence-corrected chi connectivity index (χ1v) is 8.23. The number of rotatable bonds is 7. The van der Waals surface area contributed by atoms with E-state index in [1.165, 1.54) is 0 Å². The van der Waals surface area contributed by atoms with Crippen LogP contribution in [0.3, 0.4) is 0 Å². The number of para-hydroxylation sites is 1. The number of anilines is 2. The van der Waals surface area contributed by atoms with Gasteiger partial charge in [0.05, 0.1) is 19.2 Å². The molecule has 0 aliphatic heterocycles. The minimum absolute atomic E-state index is 0.0604. The molecule has 0 radical (unpaired) electrons. The highest BCUT2D eigenvalue weighted by molar-refractivity contribution is 6.01. The summed E-state index contributed by atoms with van der Waals surface area (Å²) in [5.74, 6) is 0.359. The predicted molar refractivity (Wildman–Crippen MR) is 97.0 cm³/mol. The maximum atomic E-state index is 12.3. The van der Waals surface area contributed by atoms with Gasteiger partial charge >= 0.3 is 0 Å². The summed E-state index contributed by atoms with van der Waals surface area (Å²) in [5.41, 5.74) is 1.84. The van der Waals surface area contributed by atoms with Gasteiger partial charge in [0, 0.05) is 23.5 Å². The molecule has 0 spiro atoms. The number of hydrogen-bond donors (Lipinski definition) is 3. The molecule has 1 saturated carbocycles. The van der Waals surface area contributed by atoms with Gasteiger partial charge in [-0.15, -0.1) is 0 Å². The minimum Gasteiger partial charge on any atom is -0.497 e. The van der Waals surface area contributed by atoms with Crippen molar-refractivity contribution < 1.29 is 14.3 Å². The van der Waals surface area contributed by atoms with Crippen LogP contribution >= 0.6 is 0 Å². The summed E-state index contributed by atoms with van der Waals surface area (Å²) in [7, 11) is 1.58. The smallest absolute Gasteiger partial charge is 0.253 e. The molecule has 130 valence electrons. The molecule has 0 aromatic heterocycles. The lowest BCUT2D eigenvalue weighted by molar-refractivity contribution is -0.114. The molecular weight excluding hydrogens is 318 g/mol. The second-order valence-corrected chi connectivity index (χ2v) is 5.93. The number of benzene rings is 2. The van der Waals surface area contributed by atoms with E-state index in [2.05, 4.69) is 16.0 Å². The van der Waals surface area contributed by atoms with E-state index in [9.17, 15) is 9.59 Å². The van der Waals surface area contributed by atoms with E-state index in [4.69, 9.17) is 4.74 Å². The SMILES string of the molecule is COc1cccc(NC(=O)CNc2ccccc2C(=O)NC2CC2)c1. The van der Waals surface area contributed by atoms with Crippen LogP contribution in [0.4, 0.5) is 11.4 Å². The largest absolute Gasteiger partial charge is 0.497 e. The molecule has 0 saturated heterocycles. The van der Waals surface area contributed by atoms with E-state index in [-0.39, 0.29) is 24.4 Å². The first-order chi connectivity index (χ1) is 12.2. The molecule has 2 aromatic carbocycles. The summed E-state index contributed by atoms with van der Waals surface area (Å²) in [6.45, 7) is 0.0604. The van der Waals surface area contributed by atoms with Crippen molar-refractivity contribution >= 4 is 23.2 Å². The van der Waals surface area contributed by atoms with Gasteiger partial charge in [0.15, 0.2) is 0 Å². The Morgan fingerprint density at radius 2 is 1.92 bits per heavy atom. The Kier molecular flexibility index (Phi) is 5.18. The highest BCUT2D eigenvalue weighted by Gasteiger charge is 2.24. The third-order valence-electron chi connectivity index (χ3n) is 3.88. The third-order valence-corrected chi connectivity index (χ3v) is 3.88. The highest BCUT2D eigenvalue weighted by Crippen LogP contribution is 2.21. The van der Waals surface area contributed by atoms with Gasteiger partial charge in [-0.2, -0.15) is 0 Å². The zero-order valence-electron chi connectivity index (χ0n) is 14.0. The molecule has 25 heavy (non-hydrogen) atoms. The van der Waals surface area contributed by atoms with Gasteiger partial charge < -0.3 is 20.7 Å². The molecule has 6 nitrogen and oxygen atoms in total. The summed E-state index contributed by atoms with van der Waals surface area (Å²) >= 11 is 0. The van der Waals surface area contributed by atoms with E-state index in [0.29, 0.717) is 22.7 Å². The molecule has 6 heteroatoms. The Morgan fingerprint density at radius 3 is 2.68 bits per heavy atom. The average Bonchev–Trinajstić information content (AvgIpc) is 3.44. The molecule has 1 aliphatic carbocycles. The molecule has 3 rings (SSSR count). The van der Waals surface area contributed by atoms with Crippen LogP contribution in [0, 0.1) is 0 Å². The lowest BCUT2D eigenvalue weighted by Crippen LogP contribution is -2.27. The molecule has 2 amide bonds. The van der Waals surface area contributed by atoms with Crippen molar-refractivity contribution in [1.82, 2.24) is 5.32 Å². The molecule has 1 fully saturated rings. The number of carbonyl (C=O) groups is 2. The molecule has 0 unspecified atom stereocenters. The van der Waals surface area contributed by atoms with Crippen LogP contribution in [0.2, 0.25) is 0 Å². The lowest BCUT2D eigenvalue weighted by atomic mass is 10.1. The number of methoxy groups -OCH3 is 1. The molecule has 0 heterocycles. The fourth-order valence-electron chi connectivity index (χ4n) is 2.41. The predicted octanol–water partition coefficient (Wildman–Crippen LogP) is 2.64. The van der Waals surface area contributed by atoms with Crippen LogP contribution in [0.15, 0.2) is 48.5 Å². The maximum absolute atomic E-state index is 12.3. The third kappa shape index (κ3) is 4.73. The van der Waals surface area contributed by atoms with Gasteiger partial charge in [-0.1, -0.05) is 18.2 Å². The van der Waals surface area contributed by atoms with E-state index in [1.54, 1.807) is 37.4 Å². The Labute approximate surface area is 146 Å². The molecular formula is C19H21N3O3. The molecule has 0 bridgehead atoms. The Hall–Kier alpha value is -3.02. The summed E-state index contributed by atoms with van der Waals surface area (Å²) in [6, 6.07) is 14.6. The number of amides is 2. The normalized spacial score (nSPS) is 13.0. The number of carbonyl (C=O) groups excluding carboxylic acids is 2. The Bertz CT molecular complexity index is 772. The Balaban J connectivity index is 1.59. The van der Waals surface area contributed by atoms with E-state index >= 15 is 0 Å². The van der Waals surface area contributed by atoms with Crippen molar-refractivity contribution in [3.05, 3.63) is 54.1 Å². The van der Waals surface area contributed by atoms with Crippen LogP contribution in [-0.2, 0) is 4.79 Å². The summed E-state index contributed by atoms with van der Waals surface area (Å²) in [6.07, 6.45) is 2.06. The van der Waals surface area contributed by atoms with Crippen LogP contribution in [0.25, 0.3) is 0 Å². The summed E-state index contributed by atoms with van der Waals surface area (Å²) < 4.78 is 5.13. The van der Waals surface area contributed by atoms with E-state index in [0.717, 1.165) is 12.8 Å². The lowest BCUT2D eigenvalue weighted by Gasteiger charge is -2.12. The first-order valence-electron chi connectivity index (χ1n) is 8.23.